The van der Waals surface area contributed by atoms with E-state index in [9.17, 15) is 0 Å². The molecule has 0 spiro atoms. The van der Waals surface area contributed by atoms with Crippen molar-refractivity contribution in [2.75, 3.05) is 48.4 Å². The van der Waals surface area contributed by atoms with Crippen molar-refractivity contribution in [2.45, 2.75) is 45.1 Å². The van der Waals surface area contributed by atoms with Crippen molar-refractivity contribution >= 4 is 34.9 Å². The molecular formula is C23H32N6OS. The number of rotatable bonds is 6. The first-order valence-electron chi connectivity index (χ1n) is 11.3. The summed E-state index contributed by atoms with van der Waals surface area (Å²) < 4.78 is 5.21. The van der Waals surface area contributed by atoms with Gasteiger partial charge in [0.05, 0.1) is 7.11 Å². The molecule has 2 N–H and O–H groups in total. The van der Waals surface area contributed by atoms with Crippen LogP contribution in [0.15, 0.2) is 30.3 Å². The lowest BCUT2D eigenvalue weighted by Gasteiger charge is -2.31. The average Bonchev–Trinajstić information content (AvgIpc) is 2.84. The molecule has 2 fully saturated rings. The quantitative estimate of drug-likeness (QED) is 0.655. The van der Waals surface area contributed by atoms with Gasteiger partial charge in [0.1, 0.15) is 17.4 Å². The van der Waals surface area contributed by atoms with E-state index in [-0.39, 0.29) is 0 Å². The summed E-state index contributed by atoms with van der Waals surface area (Å²) in [4.78, 5) is 14.4. The third-order valence-corrected chi connectivity index (χ3v) is 6.14. The summed E-state index contributed by atoms with van der Waals surface area (Å²) in [5.41, 5.74) is 1.13. The van der Waals surface area contributed by atoms with Crippen molar-refractivity contribution in [3.8, 4) is 5.75 Å². The summed E-state index contributed by atoms with van der Waals surface area (Å²) in [6.45, 7) is 4.83. The van der Waals surface area contributed by atoms with Gasteiger partial charge in [-0.3, -0.25) is 0 Å². The molecule has 3 heterocycles. The van der Waals surface area contributed by atoms with Crippen molar-refractivity contribution in [3.63, 3.8) is 0 Å². The smallest absolute Gasteiger partial charge is 0.232 e. The summed E-state index contributed by atoms with van der Waals surface area (Å²) in [5.74, 6) is 3.40. The number of piperidine rings is 2. The molecule has 0 bridgehead atoms. The molecule has 8 heteroatoms. The van der Waals surface area contributed by atoms with Gasteiger partial charge in [0, 0.05) is 38.8 Å². The van der Waals surface area contributed by atoms with Gasteiger partial charge in [-0.25, -0.2) is 0 Å². The fourth-order valence-electron chi connectivity index (χ4n) is 4.12. The number of nitrogens with zero attached hydrogens (tertiary/aromatic N) is 4. The lowest BCUT2D eigenvalue weighted by Crippen LogP contribution is -2.34. The fraction of sp³-hybridized carbons (Fsp3) is 0.522. The third kappa shape index (κ3) is 5.97. The number of aromatic nitrogens is 2. The van der Waals surface area contributed by atoms with E-state index in [4.69, 9.17) is 26.9 Å². The molecule has 0 atom stereocenters. The zero-order valence-electron chi connectivity index (χ0n) is 18.3. The number of hydrogen-bond donors (Lipinski definition) is 2. The zero-order valence-corrected chi connectivity index (χ0v) is 19.1. The Morgan fingerprint density at radius 1 is 0.903 bits per heavy atom. The van der Waals surface area contributed by atoms with E-state index in [0.717, 1.165) is 49.1 Å². The maximum atomic E-state index is 5.53. The van der Waals surface area contributed by atoms with E-state index in [0.29, 0.717) is 17.6 Å². The fourth-order valence-corrected chi connectivity index (χ4v) is 4.28. The molecule has 7 nitrogen and oxygen atoms in total. The van der Waals surface area contributed by atoms with Crippen molar-refractivity contribution in [3.05, 3.63) is 35.9 Å². The van der Waals surface area contributed by atoms with E-state index < -0.39 is 0 Å². The number of anilines is 3. The number of benzene rings is 1. The van der Waals surface area contributed by atoms with Gasteiger partial charge in [0.25, 0.3) is 0 Å². The van der Waals surface area contributed by atoms with E-state index in [1.54, 1.807) is 7.11 Å². The van der Waals surface area contributed by atoms with Crippen LogP contribution in [0.5, 0.6) is 5.75 Å². The van der Waals surface area contributed by atoms with Gasteiger partial charge in [-0.1, -0.05) is 12.1 Å². The Balaban J connectivity index is 1.45. The molecule has 2 aliphatic rings. The number of hydrogen-bond acceptors (Lipinski definition) is 6. The maximum Gasteiger partial charge on any atom is 0.232 e. The van der Waals surface area contributed by atoms with Crippen LogP contribution < -0.4 is 25.2 Å². The highest BCUT2D eigenvalue weighted by Crippen LogP contribution is 2.26. The Hall–Kier alpha value is -2.61. The van der Waals surface area contributed by atoms with Crippen LogP contribution in [0.25, 0.3) is 0 Å². The van der Waals surface area contributed by atoms with E-state index in [1.807, 2.05) is 24.3 Å². The van der Waals surface area contributed by atoms with Crippen molar-refractivity contribution < 1.29 is 4.74 Å². The molecule has 2 aliphatic heterocycles. The Morgan fingerprint density at radius 3 is 1.97 bits per heavy atom. The van der Waals surface area contributed by atoms with Crippen molar-refractivity contribution in [2.24, 2.45) is 0 Å². The minimum absolute atomic E-state index is 0.524. The highest BCUT2D eigenvalue weighted by Gasteiger charge is 2.19. The summed E-state index contributed by atoms with van der Waals surface area (Å²) >= 11 is 5.53. The molecule has 0 saturated carbocycles. The second-order valence-corrected chi connectivity index (χ2v) is 8.57. The van der Waals surface area contributed by atoms with Crippen molar-refractivity contribution in [1.82, 2.24) is 15.3 Å². The van der Waals surface area contributed by atoms with Gasteiger partial charge in [-0.2, -0.15) is 9.97 Å². The standard InChI is InChI=1S/C23H32N6OS/c1-30-19-10-8-18(9-11-19)17-24-23(31)27-22-25-20(28-12-4-2-5-13-28)16-21(26-22)29-14-6-3-7-15-29/h8-11,16H,2-7,12-15,17H2,1H3,(H2,24,25,26,27,31). The average molecular weight is 441 g/mol. The second kappa shape index (κ2) is 10.6. The minimum Gasteiger partial charge on any atom is -0.497 e. The van der Waals surface area contributed by atoms with E-state index in [1.165, 1.54) is 38.5 Å². The van der Waals surface area contributed by atoms with Crippen LogP contribution in [0, 0.1) is 0 Å². The van der Waals surface area contributed by atoms with Crippen LogP contribution in [0.3, 0.4) is 0 Å². The number of thiocarbonyl (C=S) groups is 1. The molecule has 4 rings (SSSR count). The Kier molecular flexibility index (Phi) is 7.40. The van der Waals surface area contributed by atoms with Gasteiger partial charge < -0.3 is 25.2 Å². The molecule has 1 aromatic carbocycles. The SMILES string of the molecule is COc1ccc(CNC(=S)Nc2nc(N3CCCCC3)cc(N3CCCCC3)n2)cc1. The van der Waals surface area contributed by atoms with Crippen LogP contribution in [-0.4, -0.2) is 48.4 Å². The third-order valence-electron chi connectivity index (χ3n) is 5.90. The summed E-state index contributed by atoms with van der Waals surface area (Å²) in [7, 11) is 1.67. The second-order valence-electron chi connectivity index (χ2n) is 8.16. The highest BCUT2D eigenvalue weighted by molar-refractivity contribution is 7.80. The van der Waals surface area contributed by atoms with Gasteiger partial charge in [0.2, 0.25) is 5.95 Å². The number of methoxy groups -OCH3 is 1. The largest absolute Gasteiger partial charge is 0.497 e. The maximum absolute atomic E-state index is 5.53. The summed E-state index contributed by atoms with van der Waals surface area (Å²) in [5, 5.41) is 6.99. The van der Waals surface area contributed by atoms with Crippen LogP contribution in [0.1, 0.15) is 44.1 Å². The predicted molar refractivity (Wildman–Crippen MR) is 130 cm³/mol. The van der Waals surface area contributed by atoms with Crippen LogP contribution in [0.4, 0.5) is 17.6 Å². The summed E-state index contributed by atoms with van der Waals surface area (Å²) in [6.07, 6.45) is 7.46. The zero-order chi connectivity index (χ0) is 21.5. The molecule has 0 radical (unpaired) electrons. The molecule has 0 amide bonds. The molecule has 0 aliphatic carbocycles. The first-order valence-corrected chi connectivity index (χ1v) is 11.7. The topological polar surface area (TPSA) is 65.6 Å². The normalized spacial score (nSPS) is 16.7. The molecule has 166 valence electrons. The van der Waals surface area contributed by atoms with Crippen LogP contribution in [-0.2, 0) is 6.54 Å². The summed E-state index contributed by atoms with van der Waals surface area (Å²) in [6, 6.07) is 10.1. The Morgan fingerprint density at radius 2 is 1.45 bits per heavy atom. The van der Waals surface area contributed by atoms with E-state index in [2.05, 4.69) is 26.5 Å². The highest BCUT2D eigenvalue weighted by atomic mass is 32.1. The molecule has 0 unspecified atom stereocenters. The molecular weight excluding hydrogens is 408 g/mol. The van der Waals surface area contributed by atoms with Crippen molar-refractivity contribution in [1.29, 1.82) is 0 Å². The predicted octanol–water partition coefficient (Wildman–Crippen LogP) is 3.95. The molecule has 2 saturated heterocycles. The minimum atomic E-state index is 0.524. The first kappa shape index (κ1) is 21.6. The molecule has 31 heavy (non-hydrogen) atoms. The monoisotopic (exact) mass is 440 g/mol. The van der Waals surface area contributed by atoms with Gasteiger partial charge in [-0.05, 0) is 68.4 Å². The van der Waals surface area contributed by atoms with Crippen LogP contribution >= 0.6 is 12.2 Å². The number of nitrogens with one attached hydrogen (secondary N) is 2. The van der Waals surface area contributed by atoms with E-state index >= 15 is 0 Å². The molecule has 1 aromatic heterocycles. The van der Waals surface area contributed by atoms with Gasteiger partial charge in [-0.15, -0.1) is 0 Å². The van der Waals surface area contributed by atoms with Gasteiger partial charge in [0.15, 0.2) is 5.11 Å². The lowest BCUT2D eigenvalue weighted by molar-refractivity contribution is 0.414. The molecule has 2 aromatic rings. The van der Waals surface area contributed by atoms with Crippen LogP contribution in [0.2, 0.25) is 0 Å². The Bertz CT molecular complexity index is 827. The van der Waals surface area contributed by atoms with Gasteiger partial charge >= 0.3 is 0 Å². The first-order chi connectivity index (χ1) is 15.2. The lowest BCUT2D eigenvalue weighted by atomic mass is 10.1. The Labute approximate surface area is 190 Å². The number of ether oxygens (including phenoxy) is 1.